The second-order valence-corrected chi connectivity index (χ2v) is 33.0. The van der Waals surface area contributed by atoms with Crippen LogP contribution in [-0.2, 0) is 133 Å². The van der Waals surface area contributed by atoms with E-state index in [1.807, 2.05) is 182 Å². The zero-order chi connectivity index (χ0) is 85.9. The summed E-state index contributed by atoms with van der Waals surface area (Å²) in [7, 11) is 0. The summed E-state index contributed by atoms with van der Waals surface area (Å²) in [6, 6.07) is 60.9. The lowest BCUT2D eigenvalue weighted by molar-refractivity contribution is -0.243. The van der Waals surface area contributed by atoms with Crippen molar-refractivity contribution in [3.05, 3.63) is 240 Å². The van der Waals surface area contributed by atoms with Crippen molar-refractivity contribution < 1.29 is 143 Å². The maximum atomic E-state index is 15.2. The molecule has 6 heterocycles. The van der Waals surface area contributed by atoms with Crippen molar-refractivity contribution in [1.29, 1.82) is 0 Å². The number of hydrogen-bond acceptors (Lipinski definition) is 30. The van der Waals surface area contributed by atoms with Gasteiger partial charge in [0.2, 0.25) is 0 Å². The van der Waals surface area contributed by atoms with Crippen LogP contribution in [-0.4, -0.2) is 193 Å². The zero-order valence-corrected chi connectivity index (χ0v) is 68.9. The largest absolute Gasteiger partial charge is 0.490 e. The lowest BCUT2D eigenvalue weighted by Gasteiger charge is -2.39. The van der Waals surface area contributed by atoms with E-state index < -0.39 is 182 Å². The molecule has 122 heavy (non-hydrogen) atoms. The number of benzene rings is 7. The molecular weight excluding hydrogens is 1580 g/mol. The zero-order valence-electron chi connectivity index (χ0n) is 68.9. The molecule has 6 fully saturated rings. The molecule has 0 aliphatic carbocycles. The lowest BCUT2D eigenvalue weighted by Crippen LogP contribution is -2.52. The third-order valence-electron chi connectivity index (χ3n) is 21.8. The van der Waals surface area contributed by atoms with Gasteiger partial charge >= 0.3 is 47.8 Å². The van der Waals surface area contributed by atoms with E-state index >= 15 is 9.59 Å². The van der Waals surface area contributed by atoms with Gasteiger partial charge < -0.3 is 104 Å². The Bertz CT molecular complexity index is 3900. The van der Waals surface area contributed by atoms with Gasteiger partial charge in [0.25, 0.3) is 0 Å². The molecule has 650 valence electrons. The summed E-state index contributed by atoms with van der Waals surface area (Å²) >= 11 is 0. The highest BCUT2D eigenvalue weighted by Crippen LogP contribution is 2.42. The summed E-state index contributed by atoms with van der Waals surface area (Å²) in [4.78, 5) is 117. The summed E-state index contributed by atoms with van der Waals surface area (Å²) in [6.07, 6.45) is -4.77. The molecule has 0 spiro atoms. The highest BCUT2D eigenvalue weighted by Gasteiger charge is 2.55. The molecule has 0 unspecified atom stereocenters. The van der Waals surface area contributed by atoms with Crippen LogP contribution in [0.1, 0.15) is 113 Å². The molecule has 7 aromatic rings. The van der Waals surface area contributed by atoms with Crippen LogP contribution in [0.4, 0.5) is 0 Å². The number of hydrogen-bond donors (Lipinski definition) is 0. The average Bonchev–Trinajstić information content (AvgIpc) is 0.789. The van der Waals surface area contributed by atoms with Crippen molar-refractivity contribution in [3.63, 3.8) is 0 Å². The van der Waals surface area contributed by atoms with Gasteiger partial charge in [-0.05, 0) is 65.8 Å². The average molecular weight is 1690 g/mol. The summed E-state index contributed by atoms with van der Waals surface area (Å²) in [6.45, 7) is 0.742. The predicted molar refractivity (Wildman–Crippen MR) is 425 cm³/mol. The molecule has 0 saturated carbocycles. The summed E-state index contributed by atoms with van der Waals surface area (Å²) < 4.78 is 133. The van der Waals surface area contributed by atoms with E-state index in [2.05, 4.69) is 0 Å². The van der Waals surface area contributed by atoms with Crippen LogP contribution in [0.2, 0.25) is 0 Å². The van der Waals surface area contributed by atoms with E-state index in [1.54, 1.807) is 41.5 Å². The second-order valence-electron chi connectivity index (χ2n) is 33.0. The van der Waals surface area contributed by atoms with E-state index in [0.29, 0.717) is 33.4 Å². The number of ether oxygens (including phenoxy) is 22. The number of rotatable bonds is 34. The Morgan fingerprint density at radius 3 is 0.549 bits per heavy atom. The molecule has 6 saturated heterocycles. The van der Waals surface area contributed by atoms with Gasteiger partial charge in [-0.1, -0.05) is 182 Å². The first-order valence-electron chi connectivity index (χ1n) is 40.2. The molecule has 6 aliphatic heterocycles. The minimum absolute atomic E-state index is 0.163. The Kier molecular flexibility index (Phi) is 29.4. The van der Waals surface area contributed by atoms with Crippen molar-refractivity contribution in [2.75, 3.05) is 145 Å². The van der Waals surface area contributed by atoms with Gasteiger partial charge in [-0.3, -0.25) is 38.4 Å². The molecule has 0 radical (unpaired) electrons. The van der Waals surface area contributed by atoms with Crippen molar-refractivity contribution in [3.8, 4) is 11.5 Å². The Morgan fingerprint density at radius 1 is 0.238 bits per heavy atom. The summed E-state index contributed by atoms with van der Waals surface area (Å²) in [5.74, 6) is -6.90. The predicted octanol–water partition coefficient (Wildman–Crippen LogP) is 11.3. The fourth-order valence-electron chi connectivity index (χ4n) is 13.6. The van der Waals surface area contributed by atoms with Crippen LogP contribution in [0.25, 0.3) is 0 Å². The maximum Gasteiger partial charge on any atom is 0.322 e. The van der Waals surface area contributed by atoms with E-state index in [-0.39, 0.29) is 104 Å². The molecule has 0 amide bonds. The fraction of sp³-hybridized carbons (Fsp3) is 0.457. The normalized spacial score (nSPS) is 27.6. The molecule has 7 aromatic carbocycles. The Hall–Kier alpha value is -10.6. The van der Waals surface area contributed by atoms with Crippen LogP contribution >= 0.6 is 0 Å². The van der Waals surface area contributed by atoms with Gasteiger partial charge in [0, 0.05) is 33.4 Å². The van der Waals surface area contributed by atoms with E-state index in [9.17, 15) is 28.8 Å². The van der Waals surface area contributed by atoms with Crippen LogP contribution in [0.3, 0.4) is 0 Å². The molecule has 30 heteroatoms. The van der Waals surface area contributed by atoms with E-state index in [4.69, 9.17) is 104 Å². The van der Waals surface area contributed by atoms with Crippen LogP contribution in [0, 0.1) is 43.3 Å². The third kappa shape index (κ3) is 22.1. The molecule has 0 aromatic heterocycles. The fourth-order valence-corrected chi connectivity index (χ4v) is 13.6. The monoisotopic (exact) mass is 1690 g/mol. The first-order valence-corrected chi connectivity index (χ1v) is 40.2. The molecule has 13 rings (SSSR count). The molecule has 0 N–H and O–H groups in total. The van der Waals surface area contributed by atoms with Gasteiger partial charge in [-0.15, -0.1) is 0 Å². The minimum atomic E-state index is -2.27. The molecule has 0 atom stereocenters. The highest BCUT2D eigenvalue weighted by atomic mass is 16.7. The second kappa shape index (κ2) is 40.2. The number of carbonyl (C=O) groups is 8. The molecule has 6 aliphatic rings. The first-order chi connectivity index (χ1) is 58.8. The van der Waals surface area contributed by atoms with Crippen LogP contribution in [0.5, 0.6) is 11.5 Å². The summed E-state index contributed by atoms with van der Waals surface area (Å²) in [5.41, 5.74) is -8.82. The third-order valence-corrected chi connectivity index (χ3v) is 21.8. The van der Waals surface area contributed by atoms with Gasteiger partial charge in [-0.25, -0.2) is 0 Å². The summed E-state index contributed by atoms with van der Waals surface area (Å²) in [5, 5.41) is 0. The van der Waals surface area contributed by atoms with E-state index in [0.717, 1.165) is 0 Å². The number of esters is 8. The van der Waals surface area contributed by atoms with Gasteiger partial charge in [0.1, 0.15) is 110 Å². The van der Waals surface area contributed by atoms with Gasteiger partial charge in [0.15, 0.2) is 48.6 Å². The van der Waals surface area contributed by atoms with E-state index in [1.165, 1.54) is 24.3 Å². The van der Waals surface area contributed by atoms with Gasteiger partial charge in [0.05, 0.1) is 79.3 Å². The number of carbonyl (C=O) groups excluding carboxylic acids is 8. The smallest absolute Gasteiger partial charge is 0.322 e. The Morgan fingerprint density at radius 2 is 0.393 bits per heavy atom. The molecule has 30 nitrogen and oxygen atoms in total. The van der Waals surface area contributed by atoms with Gasteiger partial charge in [-0.2, -0.15) is 0 Å². The first kappa shape index (κ1) is 89.2. The molecular formula is C92H102O30. The maximum absolute atomic E-state index is 15.2. The lowest BCUT2D eigenvalue weighted by atomic mass is 9.88. The SMILES string of the molecule is CC1(C(=O)OCC(COC(=O)C2(C)COC(c3ccccc3)OC2)(COC(=O)C2(C)COC(c3ccccc3)OC2)C(=O)OCCOc2ccc(OCCOC(=O)C(COC(=O)C3(C)COC(c4ccccc4)OC3)(COC(=O)C3(C)COC(c4ccccc4)OC3)COC(=O)C3(C)COC(c4ccccc4)OC3)cc2)COC(c2ccccc2)OC1. The minimum Gasteiger partial charge on any atom is -0.490 e. The Labute approximate surface area is 706 Å². The van der Waals surface area contributed by atoms with Crippen LogP contribution < -0.4 is 9.47 Å². The van der Waals surface area contributed by atoms with Crippen molar-refractivity contribution in [2.24, 2.45) is 43.3 Å². The van der Waals surface area contributed by atoms with Crippen LogP contribution in [0.15, 0.2) is 206 Å². The highest BCUT2D eigenvalue weighted by molar-refractivity contribution is 5.84. The van der Waals surface area contributed by atoms with Crippen molar-refractivity contribution in [2.45, 2.75) is 79.3 Å². The standard InChI is InChI=1S/C92H102O30/c1-85(45-105-71(106-46-85)63-25-13-7-14-26-63)77(93)117-57-91(58-118-78(94)86(2)47-107-72(108-48-86)64-27-15-8-16-28-64,59-119-79(95)87(3)49-109-73(110-50-87)65-29-17-9-18-30-65)83(99)103-43-41-101-69-37-39-70(40-38-69)102-42-44-104-84(100)92(60-120-80(96)88(4)51-111-74(112-52-88)66-31-19-10-20-32-66,61-121-81(97)89(5)53-113-75(114-54-89)67-33-21-11-22-34-67)62-122-82(98)90(6)55-115-76(116-56-90)68-35-23-12-24-36-68/h7-40,71-76H,41-62H2,1-6H3. The topological polar surface area (TPSA) is 340 Å². The van der Waals surface area contributed by atoms with Crippen molar-refractivity contribution >= 4 is 47.8 Å². The quantitative estimate of drug-likeness (QED) is 0.0205. The Balaban J connectivity index is 0.684. The van der Waals surface area contributed by atoms with Crippen molar-refractivity contribution in [1.82, 2.24) is 0 Å². The molecule has 0 bridgehead atoms.